The second-order valence-electron chi connectivity index (χ2n) is 5.25. The molecular formula is C14H20N2O3S2. The summed E-state index contributed by atoms with van der Waals surface area (Å²) in [6.07, 6.45) is 1.07. The Balaban J connectivity index is 2.84. The molecule has 0 aliphatic heterocycles. The van der Waals surface area contributed by atoms with Crippen LogP contribution >= 0.6 is 11.3 Å². The Morgan fingerprint density at radius 3 is 2.62 bits per heavy atom. The van der Waals surface area contributed by atoms with Crippen LogP contribution < -0.4 is 5.73 Å². The molecule has 0 unspecified atom stereocenters. The molecule has 1 amide bonds. The zero-order valence-electron chi connectivity index (χ0n) is 12.6. The van der Waals surface area contributed by atoms with Crippen LogP contribution in [-0.2, 0) is 21.2 Å². The maximum atomic E-state index is 12.3. The summed E-state index contributed by atoms with van der Waals surface area (Å²) in [6.45, 7) is 3.50. The lowest BCUT2D eigenvalue weighted by Gasteiger charge is -2.27. The van der Waals surface area contributed by atoms with Crippen LogP contribution in [0.4, 0.5) is 0 Å². The number of hydrogen-bond acceptors (Lipinski definition) is 5. The molecule has 7 heteroatoms. The van der Waals surface area contributed by atoms with Gasteiger partial charge in [0.2, 0.25) is 5.91 Å². The molecule has 0 bridgehead atoms. The predicted octanol–water partition coefficient (Wildman–Crippen LogP) is 0.840. The third-order valence-electron chi connectivity index (χ3n) is 3.17. The van der Waals surface area contributed by atoms with Gasteiger partial charge in [0.1, 0.15) is 4.75 Å². The molecule has 0 spiro atoms. The Bertz CT molecular complexity index is 679. The highest BCUT2D eigenvalue weighted by atomic mass is 32.2. The first-order valence-corrected chi connectivity index (χ1v) is 9.08. The van der Waals surface area contributed by atoms with Crippen molar-refractivity contribution in [2.45, 2.75) is 25.1 Å². The van der Waals surface area contributed by atoms with Gasteiger partial charge in [-0.1, -0.05) is 11.8 Å². The Kier molecular flexibility index (Phi) is 5.56. The Morgan fingerprint density at radius 2 is 2.10 bits per heavy atom. The lowest BCUT2D eigenvalue weighted by Crippen LogP contribution is -2.47. The predicted molar refractivity (Wildman–Crippen MR) is 85.6 cm³/mol. The first-order chi connectivity index (χ1) is 9.59. The van der Waals surface area contributed by atoms with Gasteiger partial charge in [-0.25, -0.2) is 8.42 Å². The lowest BCUT2D eigenvalue weighted by molar-refractivity contribution is -0.132. The number of carbonyl (C=O) groups excluding carboxylic acids is 1. The summed E-state index contributed by atoms with van der Waals surface area (Å²) >= 11 is 1.48. The molecule has 0 atom stereocenters. The van der Waals surface area contributed by atoms with Crippen molar-refractivity contribution >= 4 is 27.1 Å². The molecule has 0 aliphatic carbocycles. The van der Waals surface area contributed by atoms with E-state index in [9.17, 15) is 13.2 Å². The van der Waals surface area contributed by atoms with Gasteiger partial charge < -0.3 is 10.6 Å². The van der Waals surface area contributed by atoms with Gasteiger partial charge in [-0.2, -0.15) is 0 Å². The zero-order chi connectivity index (χ0) is 16.3. The lowest BCUT2D eigenvalue weighted by atomic mass is 10.2. The fourth-order valence-electron chi connectivity index (χ4n) is 1.61. The van der Waals surface area contributed by atoms with E-state index in [0.29, 0.717) is 13.1 Å². The van der Waals surface area contributed by atoms with Crippen molar-refractivity contribution < 1.29 is 13.2 Å². The molecular weight excluding hydrogens is 308 g/mol. The van der Waals surface area contributed by atoms with Gasteiger partial charge in [0, 0.05) is 29.1 Å². The molecule has 1 aromatic rings. The minimum Gasteiger partial charge on any atom is -0.339 e. The number of nitrogens with zero attached hydrogens (tertiary/aromatic N) is 1. The molecule has 0 saturated carbocycles. The normalized spacial score (nSPS) is 11.7. The number of hydrogen-bond donors (Lipinski definition) is 1. The first-order valence-electron chi connectivity index (χ1n) is 6.31. The molecule has 0 fully saturated rings. The molecule has 5 nitrogen and oxygen atoms in total. The van der Waals surface area contributed by atoms with Gasteiger partial charge >= 0.3 is 0 Å². The van der Waals surface area contributed by atoms with E-state index in [0.717, 1.165) is 16.7 Å². The van der Waals surface area contributed by atoms with E-state index >= 15 is 0 Å². The highest BCUT2D eigenvalue weighted by molar-refractivity contribution is 7.92. The van der Waals surface area contributed by atoms with Crippen LogP contribution in [0.25, 0.3) is 0 Å². The summed E-state index contributed by atoms with van der Waals surface area (Å²) in [7, 11) is -1.87. The minimum absolute atomic E-state index is 0.298. The van der Waals surface area contributed by atoms with Crippen LogP contribution in [0.5, 0.6) is 0 Å². The fourth-order valence-corrected chi connectivity index (χ4v) is 2.95. The standard InChI is InChI=1S/C14H20N2O3S2/c1-14(2,21(4,18)19)13(17)16(3)9-12-8-11(10-20-12)6-5-7-15/h8,10H,7,9,15H2,1-4H3. The van der Waals surface area contributed by atoms with E-state index in [4.69, 9.17) is 5.73 Å². The maximum Gasteiger partial charge on any atom is 0.243 e. The third kappa shape index (κ3) is 4.30. The van der Waals surface area contributed by atoms with Crippen LogP contribution in [0, 0.1) is 11.8 Å². The number of carbonyl (C=O) groups is 1. The number of rotatable bonds is 4. The molecule has 0 aromatic carbocycles. The van der Waals surface area contributed by atoms with Crippen molar-refractivity contribution in [2.24, 2.45) is 5.73 Å². The first kappa shape index (κ1) is 17.7. The summed E-state index contributed by atoms with van der Waals surface area (Å²) in [5.41, 5.74) is 6.16. The summed E-state index contributed by atoms with van der Waals surface area (Å²) in [4.78, 5) is 14.7. The molecule has 0 aliphatic rings. The second-order valence-corrected chi connectivity index (χ2v) is 8.81. The minimum atomic E-state index is -3.47. The zero-order valence-corrected chi connectivity index (χ0v) is 14.3. The van der Waals surface area contributed by atoms with E-state index in [1.54, 1.807) is 7.05 Å². The largest absolute Gasteiger partial charge is 0.339 e. The van der Waals surface area contributed by atoms with Crippen LogP contribution in [0.2, 0.25) is 0 Å². The van der Waals surface area contributed by atoms with Crippen LogP contribution in [-0.4, -0.2) is 43.8 Å². The SMILES string of the molecule is CN(Cc1cc(C#CCN)cs1)C(=O)C(C)(C)S(C)(=O)=O. The molecule has 1 rings (SSSR count). The second kappa shape index (κ2) is 6.60. The van der Waals surface area contributed by atoms with Gasteiger partial charge in [0.05, 0.1) is 13.1 Å². The van der Waals surface area contributed by atoms with Crippen molar-refractivity contribution in [3.05, 3.63) is 21.9 Å². The van der Waals surface area contributed by atoms with Crippen molar-refractivity contribution in [3.63, 3.8) is 0 Å². The van der Waals surface area contributed by atoms with E-state index in [-0.39, 0.29) is 0 Å². The number of sulfone groups is 1. The summed E-state index contributed by atoms with van der Waals surface area (Å²) in [5.74, 6) is 5.26. The molecule has 116 valence electrons. The van der Waals surface area contributed by atoms with Crippen LogP contribution in [0.15, 0.2) is 11.4 Å². The van der Waals surface area contributed by atoms with Crippen molar-refractivity contribution in [1.29, 1.82) is 0 Å². The highest BCUT2D eigenvalue weighted by Gasteiger charge is 2.40. The number of amides is 1. The summed E-state index contributed by atoms with van der Waals surface area (Å²) in [6, 6.07) is 1.88. The van der Waals surface area contributed by atoms with Gasteiger partial charge in [-0.3, -0.25) is 4.79 Å². The van der Waals surface area contributed by atoms with Gasteiger partial charge in [0.25, 0.3) is 0 Å². The van der Waals surface area contributed by atoms with E-state index < -0.39 is 20.5 Å². The molecule has 1 aromatic heterocycles. The Labute approximate surface area is 130 Å². The topological polar surface area (TPSA) is 80.5 Å². The van der Waals surface area contributed by atoms with Gasteiger partial charge in [-0.15, -0.1) is 11.3 Å². The number of nitrogens with two attached hydrogens (primary N) is 1. The van der Waals surface area contributed by atoms with Crippen LogP contribution in [0.1, 0.15) is 24.3 Å². The van der Waals surface area contributed by atoms with Gasteiger partial charge in [-0.05, 0) is 19.9 Å². The highest BCUT2D eigenvalue weighted by Crippen LogP contribution is 2.21. The molecule has 0 radical (unpaired) electrons. The van der Waals surface area contributed by atoms with Crippen molar-refractivity contribution in [1.82, 2.24) is 4.90 Å². The van der Waals surface area contributed by atoms with E-state index in [1.165, 1.54) is 30.1 Å². The monoisotopic (exact) mass is 328 g/mol. The average Bonchev–Trinajstić information content (AvgIpc) is 2.81. The molecule has 2 N–H and O–H groups in total. The van der Waals surface area contributed by atoms with Crippen LogP contribution in [0.3, 0.4) is 0 Å². The van der Waals surface area contributed by atoms with E-state index in [2.05, 4.69) is 11.8 Å². The smallest absolute Gasteiger partial charge is 0.243 e. The fraction of sp³-hybridized carbons (Fsp3) is 0.500. The van der Waals surface area contributed by atoms with E-state index in [1.807, 2.05) is 11.4 Å². The quantitative estimate of drug-likeness (QED) is 0.831. The summed E-state index contributed by atoms with van der Waals surface area (Å²) in [5, 5.41) is 1.89. The Morgan fingerprint density at radius 1 is 1.48 bits per heavy atom. The third-order valence-corrected chi connectivity index (χ3v) is 6.12. The summed E-state index contributed by atoms with van der Waals surface area (Å²) < 4.78 is 22.0. The molecule has 1 heterocycles. The average molecular weight is 328 g/mol. The molecule has 0 saturated heterocycles. The number of thiophene rings is 1. The van der Waals surface area contributed by atoms with Crippen molar-refractivity contribution in [2.75, 3.05) is 19.8 Å². The van der Waals surface area contributed by atoms with Gasteiger partial charge in [0.15, 0.2) is 9.84 Å². The maximum absolute atomic E-state index is 12.3. The van der Waals surface area contributed by atoms with Crippen molar-refractivity contribution in [3.8, 4) is 11.8 Å². The molecule has 21 heavy (non-hydrogen) atoms. The Hall–Kier alpha value is -1.36.